The number of aryl methyl sites for hydroxylation is 1. The molecule has 2 aromatic carbocycles. The number of hydrogen-bond donors (Lipinski definition) is 1. The van der Waals surface area contributed by atoms with E-state index in [4.69, 9.17) is 13.9 Å². The van der Waals surface area contributed by atoms with Gasteiger partial charge in [0, 0.05) is 18.4 Å². The van der Waals surface area contributed by atoms with Gasteiger partial charge in [0.25, 0.3) is 0 Å². The number of benzene rings is 2. The zero-order valence-electron chi connectivity index (χ0n) is 16.3. The average molecular weight is 377 g/mol. The Morgan fingerprint density at radius 3 is 2.61 bits per heavy atom. The van der Waals surface area contributed by atoms with Crippen molar-refractivity contribution >= 4 is 27.9 Å². The highest BCUT2D eigenvalue weighted by atomic mass is 16.5. The first kappa shape index (κ1) is 18.1. The Balaban J connectivity index is 1.59. The number of rotatable bonds is 7. The lowest BCUT2D eigenvalue weighted by atomic mass is 10.1. The van der Waals surface area contributed by atoms with Crippen molar-refractivity contribution < 1.29 is 13.9 Å². The number of nitrogens with one attached hydrogen (secondary N) is 1. The maximum Gasteiger partial charge on any atom is 0.196 e. The summed E-state index contributed by atoms with van der Waals surface area (Å²) in [6.45, 7) is 2.76. The van der Waals surface area contributed by atoms with Gasteiger partial charge in [-0.1, -0.05) is 25.1 Å². The summed E-state index contributed by atoms with van der Waals surface area (Å²) in [6.07, 6.45) is 1.58. The molecule has 4 aromatic rings. The number of ether oxygens (including phenoxy) is 2. The first-order valence-electron chi connectivity index (χ1n) is 9.36. The smallest absolute Gasteiger partial charge is 0.196 e. The van der Waals surface area contributed by atoms with E-state index in [1.165, 1.54) is 0 Å². The van der Waals surface area contributed by atoms with E-state index in [2.05, 4.69) is 22.2 Å². The van der Waals surface area contributed by atoms with Crippen LogP contribution in [0.5, 0.6) is 11.5 Å². The van der Waals surface area contributed by atoms with Crippen molar-refractivity contribution in [2.75, 3.05) is 26.1 Å². The Morgan fingerprint density at radius 2 is 1.82 bits per heavy atom. The van der Waals surface area contributed by atoms with Crippen LogP contribution in [0.3, 0.4) is 0 Å². The molecule has 0 fully saturated rings. The van der Waals surface area contributed by atoms with Crippen molar-refractivity contribution in [1.82, 2.24) is 9.97 Å². The van der Waals surface area contributed by atoms with Gasteiger partial charge in [-0.2, -0.15) is 0 Å². The van der Waals surface area contributed by atoms with Gasteiger partial charge in [-0.05, 0) is 36.2 Å². The second-order valence-electron chi connectivity index (χ2n) is 6.48. The number of furan rings is 1. The van der Waals surface area contributed by atoms with E-state index in [0.29, 0.717) is 12.1 Å². The van der Waals surface area contributed by atoms with Crippen molar-refractivity contribution in [2.45, 2.75) is 19.8 Å². The molecule has 0 amide bonds. The molecule has 0 bridgehead atoms. The Hall–Kier alpha value is -3.28. The van der Waals surface area contributed by atoms with E-state index >= 15 is 0 Å². The Morgan fingerprint density at radius 1 is 1.00 bits per heavy atom. The zero-order valence-corrected chi connectivity index (χ0v) is 16.3. The highest BCUT2D eigenvalue weighted by Gasteiger charge is 2.15. The van der Waals surface area contributed by atoms with Crippen LogP contribution in [-0.4, -0.2) is 30.7 Å². The molecular formula is C22H23N3O3. The molecule has 28 heavy (non-hydrogen) atoms. The normalized spacial score (nSPS) is 11.1. The fraction of sp³-hybridized carbons (Fsp3) is 0.273. The van der Waals surface area contributed by atoms with Crippen LogP contribution >= 0.6 is 0 Å². The second kappa shape index (κ2) is 7.76. The number of methoxy groups -OCH3 is 2. The van der Waals surface area contributed by atoms with Crippen LogP contribution in [0.4, 0.5) is 5.82 Å². The van der Waals surface area contributed by atoms with E-state index in [1.807, 2.05) is 42.5 Å². The largest absolute Gasteiger partial charge is 0.493 e. The summed E-state index contributed by atoms with van der Waals surface area (Å²) in [7, 11) is 3.28. The Labute approximate surface area is 163 Å². The molecule has 144 valence electrons. The van der Waals surface area contributed by atoms with Gasteiger partial charge >= 0.3 is 0 Å². The molecule has 0 saturated heterocycles. The number of hydrogen-bond acceptors (Lipinski definition) is 6. The van der Waals surface area contributed by atoms with Crippen LogP contribution in [-0.2, 0) is 12.8 Å². The molecule has 1 N–H and O–H groups in total. The molecule has 0 aliphatic carbocycles. The van der Waals surface area contributed by atoms with Crippen LogP contribution < -0.4 is 14.8 Å². The molecule has 0 atom stereocenters. The summed E-state index contributed by atoms with van der Waals surface area (Å²) in [4.78, 5) is 9.32. The first-order chi connectivity index (χ1) is 13.7. The van der Waals surface area contributed by atoms with Crippen LogP contribution in [0.25, 0.3) is 22.1 Å². The number of aromatic nitrogens is 2. The predicted molar refractivity (Wildman–Crippen MR) is 110 cm³/mol. The van der Waals surface area contributed by atoms with Gasteiger partial charge in [0.2, 0.25) is 0 Å². The van der Waals surface area contributed by atoms with Crippen molar-refractivity contribution in [3.05, 3.63) is 53.9 Å². The van der Waals surface area contributed by atoms with E-state index in [9.17, 15) is 0 Å². The monoisotopic (exact) mass is 377 g/mol. The lowest BCUT2D eigenvalue weighted by molar-refractivity contribution is 0.354. The third kappa shape index (κ3) is 3.33. The summed E-state index contributed by atoms with van der Waals surface area (Å²) >= 11 is 0. The molecule has 0 aliphatic heterocycles. The number of fused-ring (bicyclic) bond motifs is 3. The SMILES string of the molecule is CCc1nc(NCCc2ccc(OC)c(OC)c2)c2oc3ccccc3c2n1. The van der Waals surface area contributed by atoms with E-state index in [1.54, 1.807) is 14.2 Å². The van der Waals surface area contributed by atoms with Gasteiger partial charge in [0.1, 0.15) is 16.9 Å². The highest BCUT2D eigenvalue weighted by molar-refractivity contribution is 6.05. The van der Waals surface area contributed by atoms with Crippen molar-refractivity contribution in [3.63, 3.8) is 0 Å². The van der Waals surface area contributed by atoms with Crippen molar-refractivity contribution in [3.8, 4) is 11.5 Å². The molecule has 6 nitrogen and oxygen atoms in total. The average Bonchev–Trinajstić information content (AvgIpc) is 3.12. The Kier molecular flexibility index (Phi) is 5.02. The van der Waals surface area contributed by atoms with Gasteiger partial charge in [-0.25, -0.2) is 9.97 Å². The summed E-state index contributed by atoms with van der Waals surface area (Å²) < 4.78 is 16.7. The lowest BCUT2D eigenvalue weighted by Crippen LogP contribution is -2.08. The molecule has 0 unspecified atom stereocenters. The molecular weight excluding hydrogens is 354 g/mol. The molecule has 4 rings (SSSR count). The maximum absolute atomic E-state index is 6.03. The third-order valence-corrected chi connectivity index (χ3v) is 4.74. The number of para-hydroxylation sites is 1. The van der Waals surface area contributed by atoms with Crippen molar-refractivity contribution in [1.29, 1.82) is 0 Å². The second-order valence-corrected chi connectivity index (χ2v) is 6.48. The zero-order chi connectivity index (χ0) is 19.5. The standard InChI is InChI=1S/C22H23N3O3/c1-4-19-24-20-15-7-5-6-8-16(15)28-21(20)22(25-19)23-12-11-14-9-10-17(26-2)18(13-14)27-3/h5-10,13H,4,11-12H2,1-3H3,(H,23,24,25). The van der Waals surface area contributed by atoms with Crippen LogP contribution in [0.15, 0.2) is 46.9 Å². The van der Waals surface area contributed by atoms with Gasteiger partial charge in [0.05, 0.1) is 14.2 Å². The number of anilines is 1. The summed E-state index contributed by atoms with van der Waals surface area (Å²) in [5, 5.41) is 4.43. The molecule has 0 radical (unpaired) electrons. The molecule has 2 heterocycles. The maximum atomic E-state index is 6.03. The molecule has 2 aromatic heterocycles. The predicted octanol–water partition coefficient (Wildman–Crippen LogP) is 4.61. The minimum absolute atomic E-state index is 0.700. The van der Waals surface area contributed by atoms with Gasteiger partial charge in [0.15, 0.2) is 22.9 Å². The topological polar surface area (TPSA) is 69.4 Å². The van der Waals surface area contributed by atoms with Crippen LogP contribution in [0, 0.1) is 0 Å². The van der Waals surface area contributed by atoms with Gasteiger partial charge in [-0.15, -0.1) is 0 Å². The fourth-order valence-electron chi connectivity index (χ4n) is 3.28. The van der Waals surface area contributed by atoms with Gasteiger partial charge < -0.3 is 19.2 Å². The molecule has 0 saturated carbocycles. The first-order valence-corrected chi connectivity index (χ1v) is 9.36. The van der Waals surface area contributed by atoms with Gasteiger partial charge in [-0.3, -0.25) is 0 Å². The van der Waals surface area contributed by atoms with Crippen LogP contribution in [0.2, 0.25) is 0 Å². The molecule has 6 heteroatoms. The summed E-state index contributed by atoms with van der Waals surface area (Å²) in [5.41, 5.74) is 3.53. The van der Waals surface area contributed by atoms with E-state index < -0.39 is 0 Å². The van der Waals surface area contributed by atoms with Crippen molar-refractivity contribution in [2.24, 2.45) is 0 Å². The highest BCUT2D eigenvalue weighted by Crippen LogP contribution is 2.31. The van der Waals surface area contributed by atoms with Crippen LogP contribution in [0.1, 0.15) is 18.3 Å². The minimum atomic E-state index is 0.700. The third-order valence-electron chi connectivity index (χ3n) is 4.74. The lowest BCUT2D eigenvalue weighted by Gasteiger charge is -2.11. The molecule has 0 spiro atoms. The minimum Gasteiger partial charge on any atom is -0.493 e. The quantitative estimate of drug-likeness (QED) is 0.507. The Bertz CT molecular complexity index is 1120. The van der Waals surface area contributed by atoms with E-state index in [0.717, 1.165) is 58.0 Å². The fourth-order valence-corrected chi connectivity index (χ4v) is 3.28. The number of nitrogens with zero attached hydrogens (tertiary/aromatic N) is 2. The summed E-state index contributed by atoms with van der Waals surface area (Å²) in [6, 6.07) is 13.9. The summed E-state index contributed by atoms with van der Waals surface area (Å²) in [5.74, 6) is 2.99. The van der Waals surface area contributed by atoms with E-state index in [-0.39, 0.29) is 0 Å². The molecule has 0 aliphatic rings.